The molecule has 0 radical (unpaired) electrons. The number of nitrogens with zero attached hydrogens (tertiary/aromatic N) is 1. The highest BCUT2D eigenvalue weighted by atomic mass is 16.4. The first-order valence-electron chi connectivity index (χ1n) is 5.37. The zero-order valence-corrected chi connectivity index (χ0v) is 9.79. The lowest BCUT2D eigenvalue weighted by molar-refractivity contribution is -0.137. The van der Waals surface area contributed by atoms with Crippen LogP contribution in [0.15, 0.2) is 0 Å². The Morgan fingerprint density at radius 3 is 2.29 bits per heavy atom. The van der Waals surface area contributed by atoms with Crippen molar-refractivity contribution < 1.29 is 9.90 Å². The highest BCUT2D eigenvalue weighted by Gasteiger charge is 2.12. The van der Waals surface area contributed by atoms with Gasteiger partial charge in [0.2, 0.25) is 0 Å². The summed E-state index contributed by atoms with van der Waals surface area (Å²) in [6.45, 7) is 7.62. The average molecular weight is 201 g/mol. The zero-order valence-electron chi connectivity index (χ0n) is 9.79. The van der Waals surface area contributed by atoms with Gasteiger partial charge in [0.15, 0.2) is 0 Å². The molecule has 0 bridgehead atoms. The fraction of sp³-hybridized carbons (Fsp3) is 0.909. The maximum Gasteiger partial charge on any atom is 0.303 e. The lowest BCUT2D eigenvalue weighted by Gasteiger charge is -2.27. The highest BCUT2D eigenvalue weighted by molar-refractivity contribution is 5.66. The van der Waals surface area contributed by atoms with E-state index < -0.39 is 5.97 Å². The van der Waals surface area contributed by atoms with E-state index in [1.165, 1.54) is 0 Å². The van der Waals surface area contributed by atoms with Crippen LogP contribution in [0.4, 0.5) is 0 Å². The smallest absolute Gasteiger partial charge is 0.303 e. The Kier molecular flexibility index (Phi) is 6.54. The summed E-state index contributed by atoms with van der Waals surface area (Å²) in [5.41, 5.74) is 0. The van der Waals surface area contributed by atoms with Crippen LogP contribution >= 0.6 is 0 Å². The van der Waals surface area contributed by atoms with Gasteiger partial charge in [0.25, 0.3) is 0 Å². The maximum absolute atomic E-state index is 10.3. The van der Waals surface area contributed by atoms with Crippen molar-refractivity contribution in [1.29, 1.82) is 0 Å². The van der Waals surface area contributed by atoms with Gasteiger partial charge in [0.1, 0.15) is 0 Å². The van der Waals surface area contributed by atoms with Gasteiger partial charge >= 0.3 is 5.97 Å². The number of unbranched alkanes of at least 4 members (excludes halogenated alkanes) is 1. The minimum absolute atomic E-state index is 0.296. The van der Waals surface area contributed by atoms with Crippen molar-refractivity contribution in [3.63, 3.8) is 0 Å². The fourth-order valence-corrected chi connectivity index (χ4v) is 1.35. The van der Waals surface area contributed by atoms with Gasteiger partial charge in [0, 0.05) is 12.5 Å². The quantitative estimate of drug-likeness (QED) is 0.642. The minimum atomic E-state index is -0.690. The van der Waals surface area contributed by atoms with E-state index in [1.54, 1.807) is 0 Å². The van der Waals surface area contributed by atoms with Crippen molar-refractivity contribution >= 4 is 5.97 Å². The number of hydrogen-bond acceptors (Lipinski definition) is 2. The van der Waals surface area contributed by atoms with Crippen LogP contribution < -0.4 is 0 Å². The van der Waals surface area contributed by atoms with E-state index in [4.69, 9.17) is 5.11 Å². The number of carboxylic acid groups (broad SMARTS) is 1. The fourth-order valence-electron chi connectivity index (χ4n) is 1.35. The van der Waals surface area contributed by atoms with E-state index in [2.05, 4.69) is 32.7 Å². The molecule has 0 aliphatic heterocycles. The number of rotatable bonds is 7. The molecule has 0 aromatic rings. The van der Waals surface area contributed by atoms with Crippen LogP contribution in [0.1, 0.15) is 40.0 Å². The Bertz CT molecular complexity index is 169. The van der Waals surface area contributed by atoms with Crippen molar-refractivity contribution in [2.45, 2.75) is 46.1 Å². The standard InChI is InChI=1S/C11H23NO2/c1-9(2)10(3)12(4)8-6-5-7-11(13)14/h9-10H,5-8H2,1-4H3,(H,13,14). The van der Waals surface area contributed by atoms with Crippen molar-refractivity contribution in [2.75, 3.05) is 13.6 Å². The summed E-state index contributed by atoms with van der Waals surface area (Å²) in [6.07, 6.45) is 2.05. The second-order valence-corrected chi connectivity index (χ2v) is 4.32. The topological polar surface area (TPSA) is 40.5 Å². The molecule has 0 aromatic carbocycles. The van der Waals surface area contributed by atoms with Crippen LogP contribution in [0.2, 0.25) is 0 Å². The van der Waals surface area contributed by atoms with Crippen LogP contribution in [0.5, 0.6) is 0 Å². The van der Waals surface area contributed by atoms with Crippen LogP contribution in [-0.4, -0.2) is 35.6 Å². The third kappa shape index (κ3) is 5.97. The summed E-state index contributed by atoms with van der Waals surface area (Å²) in [7, 11) is 2.10. The molecule has 0 fully saturated rings. The second-order valence-electron chi connectivity index (χ2n) is 4.32. The highest BCUT2D eigenvalue weighted by Crippen LogP contribution is 2.09. The SMILES string of the molecule is CC(C)C(C)N(C)CCCCC(=O)O. The van der Waals surface area contributed by atoms with Gasteiger partial charge in [0.05, 0.1) is 0 Å². The lowest BCUT2D eigenvalue weighted by atomic mass is 10.0. The molecule has 0 saturated carbocycles. The summed E-state index contributed by atoms with van der Waals surface area (Å²) in [5, 5.41) is 8.46. The summed E-state index contributed by atoms with van der Waals surface area (Å²) in [6, 6.07) is 0.569. The molecule has 0 aromatic heterocycles. The predicted octanol–water partition coefficient (Wildman–Crippen LogP) is 2.22. The summed E-state index contributed by atoms with van der Waals surface area (Å²) in [5.74, 6) is -0.0379. The molecule has 1 unspecified atom stereocenters. The Labute approximate surface area is 87.1 Å². The van der Waals surface area contributed by atoms with Crippen LogP contribution in [-0.2, 0) is 4.79 Å². The van der Waals surface area contributed by atoms with Crippen LogP contribution in [0.25, 0.3) is 0 Å². The van der Waals surface area contributed by atoms with E-state index in [1.807, 2.05) is 0 Å². The zero-order chi connectivity index (χ0) is 11.1. The lowest BCUT2D eigenvalue weighted by Crippen LogP contribution is -2.33. The molecule has 3 heteroatoms. The Morgan fingerprint density at radius 1 is 1.29 bits per heavy atom. The second kappa shape index (κ2) is 6.82. The van der Waals surface area contributed by atoms with Gasteiger partial charge < -0.3 is 10.0 Å². The van der Waals surface area contributed by atoms with Gasteiger partial charge in [-0.1, -0.05) is 13.8 Å². The van der Waals surface area contributed by atoms with Crippen molar-refractivity contribution in [1.82, 2.24) is 4.90 Å². The Hall–Kier alpha value is -0.570. The molecule has 0 spiro atoms. The van der Waals surface area contributed by atoms with Crippen molar-refractivity contribution in [3.8, 4) is 0 Å². The van der Waals surface area contributed by atoms with Gasteiger partial charge in [-0.15, -0.1) is 0 Å². The average Bonchev–Trinajstić information content (AvgIpc) is 2.10. The largest absolute Gasteiger partial charge is 0.481 e. The first kappa shape index (κ1) is 13.4. The molecule has 84 valence electrons. The Morgan fingerprint density at radius 2 is 1.86 bits per heavy atom. The summed E-state index contributed by atoms with van der Waals surface area (Å²) >= 11 is 0. The number of hydrogen-bond donors (Lipinski definition) is 1. The molecule has 3 nitrogen and oxygen atoms in total. The third-order valence-electron chi connectivity index (χ3n) is 2.81. The monoisotopic (exact) mass is 201 g/mol. The van der Waals surface area contributed by atoms with Crippen molar-refractivity contribution in [3.05, 3.63) is 0 Å². The van der Waals surface area contributed by atoms with Gasteiger partial charge in [-0.2, -0.15) is 0 Å². The summed E-state index contributed by atoms with van der Waals surface area (Å²) in [4.78, 5) is 12.6. The predicted molar refractivity (Wildman–Crippen MR) is 58.4 cm³/mol. The van der Waals surface area contributed by atoms with Crippen molar-refractivity contribution in [2.24, 2.45) is 5.92 Å². The molecular weight excluding hydrogens is 178 g/mol. The molecule has 0 heterocycles. The number of aliphatic carboxylic acids is 1. The molecule has 1 N–H and O–H groups in total. The minimum Gasteiger partial charge on any atom is -0.481 e. The maximum atomic E-state index is 10.3. The van der Waals surface area contributed by atoms with Gasteiger partial charge in [-0.25, -0.2) is 0 Å². The molecule has 0 rings (SSSR count). The third-order valence-corrected chi connectivity index (χ3v) is 2.81. The first-order valence-corrected chi connectivity index (χ1v) is 5.37. The Balaban J connectivity index is 3.53. The first-order chi connectivity index (χ1) is 6.45. The number of carboxylic acids is 1. The van der Waals surface area contributed by atoms with Gasteiger partial charge in [-0.3, -0.25) is 4.79 Å². The normalized spacial score (nSPS) is 13.6. The molecule has 14 heavy (non-hydrogen) atoms. The molecule has 0 saturated heterocycles. The van der Waals surface area contributed by atoms with E-state index in [0.717, 1.165) is 19.4 Å². The molecule has 0 aliphatic rings. The van der Waals surface area contributed by atoms with Gasteiger partial charge in [-0.05, 0) is 39.3 Å². The van der Waals surface area contributed by atoms with E-state index in [0.29, 0.717) is 18.4 Å². The van der Waals surface area contributed by atoms with E-state index in [-0.39, 0.29) is 0 Å². The van der Waals surface area contributed by atoms with Crippen LogP contribution in [0.3, 0.4) is 0 Å². The van der Waals surface area contributed by atoms with E-state index in [9.17, 15) is 4.79 Å². The molecular formula is C11H23NO2. The van der Waals surface area contributed by atoms with E-state index >= 15 is 0 Å². The number of carbonyl (C=O) groups is 1. The molecule has 0 aliphatic carbocycles. The summed E-state index contributed by atoms with van der Waals surface area (Å²) < 4.78 is 0. The molecule has 0 amide bonds. The van der Waals surface area contributed by atoms with Crippen LogP contribution in [0, 0.1) is 5.92 Å². The molecule has 1 atom stereocenters.